The van der Waals surface area contributed by atoms with E-state index in [-0.39, 0.29) is 11.9 Å². The lowest BCUT2D eigenvalue weighted by Gasteiger charge is -2.16. The Morgan fingerprint density at radius 2 is 2.12 bits per heavy atom. The van der Waals surface area contributed by atoms with E-state index in [9.17, 15) is 4.79 Å². The number of amides is 1. The maximum atomic E-state index is 11.5. The molecule has 0 aromatic heterocycles. The van der Waals surface area contributed by atoms with E-state index in [2.05, 4.69) is 18.3 Å². The van der Waals surface area contributed by atoms with Gasteiger partial charge in [0.1, 0.15) is 0 Å². The summed E-state index contributed by atoms with van der Waals surface area (Å²) in [7, 11) is 0. The first-order valence-corrected chi connectivity index (χ1v) is 6.09. The van der Waals surface area contributed by atoms with E-state index >= 15 is 0 Å². The Morgan fingerprint density at radius 3 is 2.75 bits per heavy atom. The van der Waals surface area contributed by atoms with E-state index in [0.717, 1.165) is 6.42 Å². The van der Waals surface area contributed by atoms with Gasteiger partial charge in [-0.15, -0.1) is 11.6 Å². The largest absolute Gasteiger partial charge is 0.350 e. The molecular formula is C13H18ClNO. The summed E-state index contributed by atoms with van der Waals surface area (Å²) in [4.78, 5) is 11.5. The van der Waals surface area contributed by atoms with Crippen LogP contribution in [-0.4, -0.2) is 11.8 Å². The molecule has 0 heterocycles. The minimum absolute atomic E-state index is 0.0593. The molecule has 3 heteroatoms. The van der Waals surface area contributed by atoms with Gasteiger partial charge in [-0.05, 0) is 31.4 Å². The van der Waals surface area contributed by atoms with Gasteiger partial charge in [0, 0.05) is 12.3 Å². The van der Waals surface area contributed by atoms with Gasteiger partial charge in [-0.25, -0.2) is 0 Å². The summed E-state index contributed by atoms with van der Waals surface area (Å²) in [5, 5.41) is 2.97. The Kier molecular flexibility index (Phi) is 5.33. The fourth-order valence-electron chi connectivity index (χ4n) is 1.69. The van der Waals surface area contributed by atoms with Gasteiger partial charge in [0.15, 0.2) is 0 Å². The van der Waals surface area contributed by atoms with Crippen LogP contribution in [0, 0.1) is 6.92 Å². The lowest BCUT2D eigenvalue weighted by molar-refractivity contribution is -0.121. The van der Waals surface area contributed by atoms with Crippen LogP contribution in [0.25, 0.3) is 0 Å². The average Bonchev–Trinajstić information content (AvgIpc) is 2.26. The molecule has 1 amide bonds. The van der Waals surface area contributed by atoms with Crippen molar-refractivity contribution in [1.82, 2.24) is 5.32 Å². The first kappa shape index (κ1) is 13.0. The second-order valence-electron chi connectivity index (χ2n) is 3.94. The molecule has 1 aromatic carbocycles. The van der Waals surface area contributed by atoms with Crippen LogP contribution in [0.5, 0.6) is 0 Å². The number of hydrogen-bond acceptors (Lipinski definition) is 1. The van der Waals surface area contributed by atoms with E-state index in [1.165, 1.54) is 11.1 Å². The molecule has 0 saturated heterocycles. The van der Waals surface area contributed by atoms with Gasteiger partial charge in [0.2, 0.25) is 5.91 Å². The predicted octanol–water partition coefficient (Wildman–Crippen LogP) is 3.19. The van der Waals surface area contributed by atoms with Gasteiger partial charge in [0.25, 0.3) is 0 Å². The molecule has 88 valence electrons. The first-order valence-electron chi connectivity index (χ1n) is 5.56. The maximum absolute atomic E-state index is 11.5. The van der Waals surface area contributed by atoms with Crippen LogP contribution >= 0.6 is 11.6 Å². The fraction of sp³-hybridized carbons (Fsp3) is 0.462. The van der Waals surface area contributed by atoms with Crippen molar-refractivity contribution in [2.75, 3.05) is 5.88 Å². The van der Waals surface area contributed by atoms with Gasteiger partial charge in [-0.1, -0.05) is 24.3 Å². The highest BCUT2D eigenvalue weighted by atomic mass is 35.5. The van der Waals surface area contributed by atoms with Gasteiger partial charge >= 0.3 is 0 Å². The first-order chi connectivity index (χ1) is 7.65. The SMILES string of the molecule is Cc1ccccc1[C@@H](C)NC(=O)CCCCl. The molecule has 0 radical (unpaired) electrons. The molecular weight excluding hydrogens is 222 g/mol. The molecule has 0 aliphatic carbocycles. The number of benzene rings is 1. The van der Waals surface area contributed by atoms with Gasteiger partial charge in [-0.3, -0.25) is 4.79 Å². The molecule has 0 fully saturated rings. The summed E-state index contributed by atoms with van der Waals surface area (Å²) in [6.07, 6.45) is 1.23. The second-order valence-corrected chi connectivity index (χ2v) is 4.32. The van der Waals surface area contributed by atoms with Crippen LogP contribution in [0.2, 0.25) is 0 Å². The zero-order valence-electron chi connectivity index (χ0n) is 9.79. The number of aryl methyl sites for hydroxylation is 1. The van der Waals surface area contributed by atoms with Crippen LogP contribution in [0.15, 0.2) is 24.3 Å². The Labute approximate surface area is 102 Å². The Balaban J connectivity index is 2.55. The van der Waals surface area contributed by atoms with Gasteiger partial charge < -0.3 is 5.32 Å². The number of nitrogens with one attached hydrogen (secondary N) is 1. The minimum Gasteiger partial charge on any atom is -0.350 e. The van der Waals surface area contributed by atoms with E-state index in [0.29, 0.717) is 12.3 Å². The molecule has 1 atom stereocenters. The number of carbonyl (C=O) groups is 1. The Bertz CT molecular complexity index is 352. The van der Waals surface area contributed by atoms with Crippen LogP contribution in [0.4, 0.5) is 0 Å². The van der Waals surface area contributed by atoms with Crippen LogP contribution < -0.4 is 5.32 Å². The van der Waals surface area contributed by atoms with Crippen molar-refractivity contribution < 1.29 is 4.79 Å². The van der Waals surface area contributed by atoms with Crippen molar-refractivity contribution in [3.8, 4) is 0 Å². The summed E-state index contributed by atoms with van der Waals surface area (Å²) >= 11 is 5.54. The molecule has 1 aromatic rings. The van der Waals surface area contributed by atoms with Crippen molar-refractivity contribution in [1.29, 1.82) is 0 Å². The zero-order valence-corrected chi connectivity index (χ0v) is 10.6. The molecule has 0 aliphatic heterocycles. The third kappa shape index (κ3) is 3.86. The predicted molar refractivity (Wildman–Crippen MR) is 67.7 cm³/mol. The smallest absolute Gasteiger partial charge is 0.220 e. The van der Waals surface area contributed by atoms with E-state index in [1.807, 2.05) is 25.1 Å². The Hall–Kier alpha value is -1.02. The van der Waals surface area contributed by atoms with Crippen LogP contribution in [0.1, 0.15) is 36.9 Å². The molecule has 0 unspecified atom stereocenters. The number of alkyl halides is 1. The topological polar surface area (TPSA) is 29.1 Å². The third-order valence-electron chi connectivity index (χ3n) is 2.57. The normalized spacial score (nSPS) is 12.2. The third-order valence-corrected chi connectivity index (χ3v) is 2.84. The molecule has 0 aliphatic rings. The van der Waals surface area contributed by atoms with Gasteiger partial charge in [0.05, 0.1) is 6.04 Å². The molecule has 2 nitrogen and oxygen atoms in total. The molecule has 0 bridgehead atoms. The summed E-state index contributed by atoms with van der Waals surface area (Å²) in [5.74, 6) is 0.600. The highest BCUT2D eigenvalue weighted by Crippen LogP contribution is 2.16. The van der Waals surface area contributed by atoms with E-state index < -0.39 is 0 Å². The number of rotatable bonds is 5. The van der Waals surface area contributed by atoms with Crippen molar-refractivity contribution in [2.45, 2.75) is 32.7 Å². The maximum Gasteiger partial charge on any atom is 0.220 e. The number of halogens is 1. The lowest BCUT2D eigenvalue weighted by Crippen LogP contribution is -2.26. The van der Waals surface area contributed by atoms with Crippen LogP contribution in [0.3, 0.4) is 0 Å². The summed E-state index contributed by atoms with van der Waals surface area (Å²) in [5.41, 5.74) is 2.37. The fourth-order valence-corrected chi connectivity index (χ4v) is 1.83. The highest BCUT2D eigenvalue weighted by molar-refractivity contribution is 6.17. The average molecular weight is 240 g/mol. The summed E-state index contributed by atoms with van der Waals surface area (Å²) in [6.45, 7) is 4.05. The molecule has 0 saturated carbocycles. The van der Waals surface area contributed by atoms with Crippen molar-refractivity contribution in [2.24, 2.45) is 0 Å². The lowest BCUT2D eigenvalue weighted by atomic mass is 10.0. The highest BCUT2D eigenvalue weighted by Gasteiger charge is 2.10. The van der Waals surface area contributed by atoms with Crippen molar-refractivity contribution >= 4 is 17.5 Å². The summed E-state index contributed by atoms with van der Waals surface area (Å²) in [6, 6.07) is 8.15. The summed E-state index contributed by atoms with van der Waals surface area (Å²) < 4.78 is 0. The van der Waals surface area contributed by atoms with Gasteiger partial charge in [-0.2, -0.15) is 0 Å². The molecule has 0 spiro atoms. The monoisotopic (exact) mass is 239 g/mol. The molecule has 1 rings (SSSR count). The van der Waals surface area contributed by atoms with E-state index in [4.69, 9.17) is 11.6 Å². The Morgan fingerprint density at radius 1 is 1.44 bits per heavy atom. The van der Waals surface area contributed by atoms with E-state index in [1.54, 1.807) is 0 Å². The molecule has 16 heavy (non-hydrogen) atoms. The standard InChI is InChI=1S/C13H18ClNO/c1-10-6-3-4-7-12(10)11(2)15-13(16)8-5-9-14/h3-4,6-7,11H,5,8-9H2,1-2H3,(H,15,16)/t11-/m1/s1. The zero-order chi connectivity index (χ0) is 12.0. The van der Waals surface area contributed by atoms with Crippen molar-refractivity contribution in [3.05, 3.63) is 35.4 Å². The number of hydrogen-bond donors (Lipinski definition) is 1. The van der Waals surface area contributed by atoms with Crippen LogP contribution in [-0.2, 0) is 4.79 Å². The minimum atomic E-state index is 0.0593. The number of carbonyl (C=O) groups excluding carboxylic acids is 1. The van der Waals surface area contributed by atoms with Crippen molar-refractivity contribution in [3.63, 3.8) is 0 Å². The molecule has 1 N–H and O–H groups in total. The quantitative estimate of drug-likeness (QED) is 0.786. The second kappa shape index (κ2) is 6.54.